The number of aliphatic hydroxyl groups is 1. The molecule has 4 aromatic rings. The number of nitrogens with zero attached hydrogens (tertiary/aromatic N) is 7. The topological polar surface area (TPSA) is 106 Å². The summed E-state index contributed by atoms with van der Waals surface area (Å²) in [5.74, 6) is 3.46. The summed E-state index contributed by atoms with van der Waals surface area (Å²) in [7, 11) is 1.69. The molecule has 1 saturated heterocycles. The highest BCUT2D eigenvalue weighted by Gasteiger charge is 2.30. The first kappa shape index (κ1) is 24.7. The molecule has 10 heteroatoms. The molecule has 1 atom stereocenters. The van der Waals surface area contributed by atoms with Crippen molar-refractivity contribution in [2.75, 3.05) is 30.5 Å². The van der Waals surface area contributed by atoms with Gasteiger partial charge in [0.25, 0.3) is 0 Å². The van der Waals surface area contributed by atoms with Crippen molar-refractivity contribution in [1.82, 2.24) is 29.3 Å². The van der Waals surface area contributed by atoms with E-state index in [1.807, 2.05) is 23.8 Å². The van der Waals surface area contributed by atoms with E-state index in [-0.39, 0.29) is 12.6 Å². The average Bonchev–Trinajstić information content (AvgIpc) is 3.62. The molecule has 10 nitrogen and oxygen atoms in total. The molecule has 0 radical (unpaired) electrons. The number of hydrogen-bond donors (Lipinski definition) is 2. The van der Waals surface area contributed by atoms with Crippen molar-refractivity contribution in [1.29, 1.82) is 0 Å². The molecule has 2 N–H and O–H groups in total. The van der Waals surface area contributed by atoms with Crippen molar-refractivity contribution >= 4 is 28.6 Å². The van der Waals surface area contributed by atoms with Crippen LogP contribution in [-0.4, -0.2) is 60.7 Å². The molecule has 0 bridgehead atoms. The number of ether oxygens (including phenoxy) is 1. The molecule has 4 heterocycles. The average molecular weight is 517 g/mol. The molecule has 38 heavy (non-hydrogen) atoms. The lowest BCUT2D eigenvalue weighted by molar-refractivity contribution is 0.266. The van der Waals surface area contributed by atoms with E-state index in [1.54, 1.807) is 13.4 Å². The number of fused-ring (bicyclic) bond motifs is 1. The van der Waals surface area contributed by atoms with Gasteiger partial charge in [-0.2, -0.15) is 15.1 Å². The van der Waals surface area contributed by atoms with E-state index >= 15 is 0 Å². The Bertz CT molecular complexity index is 1470. The minimum atomic E-state index is 0.0503. The first-order chi connectivity index (χ1) is 18.4. The second-order valence-corrected chi connectivity index (χ2v) is 10.7. The van der Waals surface area contributed by atoms with Crippen molar-refractivity contribution < 1.29 is 9.84 Å². The standard InChI is InChI=1S/C28H36N8O2/c1-17-11-22(12-23(38-4)18(17)2)34-14-24(29-16-34)30-28-31-26(35-10-6-9-21(35)15-37)25-19(3)33-36(27(25)32-28)13-20-7-5-8-20/h11-12,14,16,20-21,37H,5-10,13,15H2,1-4H3,(H,30,31,32)/t21-/m0/s1. The lowest BCUT2D eigenvalue weighted by Gasteiger charge is -2.26. The van der Waals surface area contributed by atoms with E-state index in [2.05, 4.69) is 39.8 Å². The van der Waals surface area contributed by atoms with Crippen LogP contribution in [-0.2, 0) is 6.54 Å². The van der Waals surface area contributed by atoms with Crippen LogP contribution in [0, 0.1) is 26.7 Å². The number of aliphatic hydroxyl groups excluding tert-OH is 1. The van der Waals surface area contributed by atoms with Gasteiger partial charge in [-0.15, -0.1) is 0 Å². The van der Waals surface area contributed by atoms with Crippen LogP contribution in [0.3, 0.4) is 0 Å². The Morgan fingerprint density at radius 2 is 1.95 bits per heavy atom. The van der Waals surface area contributed by atoms with E-state index < -0.39 is 0 Å². The molecule has 2 aliphatic rings. The van der Waals surface area contributed by atoms with Gasteiger partial charge in [0.15, 0.2) is 11.5 Å². The van der Waals surface area contributed by atoms with E-state index in [1.165, 1.54) is 19.3 Å². The summed E-state index contributed by atoms with van der Waals surface area (Å²) in [5.41, 5.74) is 5.02. The summed E-state index contributed by atoms with van der Waals surface area (Å²) < 4.78 is 9.58. The third kappa shape index (κ3) is 4.36. The summed E-state index contributed by atoms with van der Waals surface area (Å²) in [6.45, 7) is 7.99. The second-order valence-electron chi connectivity index (χ2n) is 10.7. The minimum absolute atomic E-state index is 0.0503. The fourth-order valence-corrected chi connectivity index (χ4v) is 5.65. The molecule has 1 aromatic carbocycles. The van der Waals surface area contributed by atoms with Crippen molar-refractivity contribution in [3.8, 4) is 11.4 Å². The number of hydrogen-bond acceptors (Lipinski definition) is 8. The summed E-state index contributed by atoms with van der Waals surface area (Å²) in [6, 6.07) is 4.18. The second kappa shape index (κ2) is 9.90. The minimum Gasteiger partial charge on any atom is -0.496 e. The largest absolute Gasteiger partial charge is 0.496 e. The van der Waals surface area contributed by atoms with Gasteiger partial charge in [0.2, 0.25) is 5.95 Å². The predicted molar refractivity (Wildman–Crippen MR) is 148 cm³/mol. The van der Waals surface area contributed by atoms with Crippen molar-refractivity contribution in [3.05, 3.63) is 41.5 Å². The first-order valence-electron chi connectivity index (χ1n) is 13.5. The molecular formula is C28H36N8O2. The van der Waals surface area contributed by atoms with Crippen molar-refractivity contribution in [2.24, 2.45) is 5.92 Å². The molecular weight excluding hydrogens is 480 g/mol. The van der Waals surface area contributed by atoms with Crippen LogP contribution in [0.2, 0.25) is 0 Å². The van der Waals surface area contributed by atoms with Crippen LogP contribution in [0.15, 0.2) is 24.7 Å². The Morgan fingerprint density at radius 1 is 1.11 bits per heavy atom. The Balaban J connectivity index is 1.38. The lowest BCUT2D eigenvalue weighted by Crippen LogP contribution is -2.33. The Morgan fingerprint density at radius 3 is 2.68 bits per heavy atom. The third-order valence-corrected chi connectivity index (χ3v) is 8.21. The van der Waals surface area contributed by atoms with Gasteiger partial charge in [-0.05, 0) is 69.6 Å². The number of imidazole rings is 1. The SMILES string of the molecule is COc1cc(-n2cnc(Nc3nc(N4CCC[C@H]4CO)c4c(C)nn(CC5CCC5)c4n3)c2)cc(C)c1C. The molecule has 3 aromatic heterocycles. The van der Waals surface area contributed by atoms with E-state index in [0.29, 0.717) is 17.7 Å². The van der Waals surface area contributed by atoms with Crippen LogP contribution in [0.5, 0.6) is 5.75 Å². The Labute approximate surface area is 222 Å². The normalized spacial score (nSPS) is 17.8. The summed E-state index contributed by atoms with van der Waals surface area (Å²) >= 11 is 0. The van der Waals surface area contributed by atoms with Crippen molar-refractivity contribution in [3.63, 3.8) is 0 Å². The molecule has 0 unspecified atom stereocenters. The highest BCUT2D eigenvalue weighted by molar-refractivity contribution is 5.91. The summed E-state index contributed by atoms with van der Waals surface area (Å²) in [4.78, 5) is 16.7. The molecule has 2 fully saturated rings. The van der Waals surface area contributed by atoms with Crippen LogP contribution < -0.4 is 15.0 Å². The molecule has 1 aliphatic carbocycles. The number of methoxy groups -OCH3 is 1. The summed E-state index contributed by atoms with van der Waals surface area (Å²) in [6.07, 6.45) is 9.45. The zero-order valence-electron chi connectivity index (χ0n) is 22.6. The highest BCUT2D eigenvalue weighted by Crippen LogP contribution is 2.35. The van der Waals surface area contributed by atoms with E-state index in [9.17, 15) is 5.11 Å². The molecule has 0 amide bonds. The van der Waals surface area contributed by atoms with Gasteiger partial charge in [-0.25, -0.2) is 9.67 Å². The number of rotatable bonds is 8. The number of aryl methyl sites for hydroxylation is 2. The van der Waals surface area contributed by atoms with Gasteiger partial charge < -0.3 is 24.6 Å². The third-order valence-electron chi connectivity index (χ3n) is 8.21. The van der Waals surface area contributed by atoms with Gasteiger partial charge >= 0.3 is 0 Å². The van der Waals surface area contributed by atoms with E-state index in [0.717, 1.165) is 71.0 Å². The van der Waals surface area contributed by atoms with Crippen LogP contribution in [0.4, 0.5) is 17.6 Å². The maximum atomic E-state index is 10.0. The predicted octanol–water partition coefficient (Wildman–Crippen LogP) is 4.45. The zero-order valence-corrected chi connectivity index (χ0v) is 22.6. The number of benzene rings is 1. The van der Waals surface area contributed by atoms with Crippen LogP contribution >= 0.6 is 0 Å². The quantitative estimate of drug-likeness (QED) is 0.354. The summed E-state index contributed by atoms with van der Waals surface area (Å²) in [5, 5.41) is 19.2. The number of nitrogens with one attached hydrogen (secondary N) is 1. The molecule has 200 valence electrons. The molecule has 1 saturated carbocycles. The number of anilines is 3. The monoisotopic (exact) mass is 516 g/mol. The van der Waals surface area contributed by atoms with Crippen molar-refractivity contribution in [2.45, 2.75) is 65.5 Å². The van der Waals surface area contributed by atoms with Gasteiger partial charge in [-0.1, -0.05) is 6.42 Å². The maximum Gasteiger partial charge on any atom is 0.232 e. The van der Waals surface area contributed by atoms with Crippen LogP contribution in [0.1, 0.15) is 48.9 Å². The fraction of sp³-hybridized carbons (Fsp3) is 0.500. The first-order valence-corrected chi connectivity index (χ1v) is 13.5. The smallest absolute Gasteiger partial charge is 0.232 e. The molecule has 6 rings (SSSR count). The van der Waals surface area contributed by atoms with Gasteiger partial charge in [0.1, 0.15) is 17.9 Å². The van der Waals surface area contributed by atoms with Gasteiger partial charge in [0, 0.05) is 19.2 Å². The maximum absolute atomic E-state index is 10.0. The Kier molecular flexibility index (Phi) is 6.43. The zero-order chi connectivity index (χ0) is 26.4. The highest BCUT2D eigenvalue weighted by atomic mass is 16.5. The van der Waals surface area contributed by atoms with Gasteiger partial charge in [0.05, 0.1) is 42.7 Å². The van der Waals surface area contributed by atoms with E-state index in [4.69, 9.17) is 19.8 Å². The fourth-order valence-electron chi connectivity index (χ4n) is 5.65. The van der Waals surface area contributed by atoms with Gasteiger partial charge in [-0.3, -0.25) is 0 Å². The molecule has 0 spiro atoms. The molecule has 1 aliphatic heterocycles. The van der Waals surface area contributed by atoms with Crippen LogP contribution in [0.25, 0.3) is 16.7 Å². The lowest BCUT2D eigenvalue weighted by atomic mass is 9.85. The Hall–Kier alpha value is -3.66. The number of aromatic nitrogens is 6.